The van der Waals surface area contributed by atoms with Gasteiger partial charge in [-0.05, 0) is 71.1 Å². The molecule has 0 aliphatic rings. The fraction of sp³-hybridized carbons (Fsp3) is 0.0741. The molecule has 0 unspecified atom stereocenters. The Labute approximate surface area is 455 Å². The zero-order valence-corrected chi connectivity index (χ0v) is 45.8. The predicted molar refractivity (Wildman–Crippen MR) is 196 cm³/mol. The van der Waals surface area contributed by atoms with Crippen LogP contribution in [0.5, 0.6) is 5.75 Å². The molecule has 0 amide bonds. The molecule has 0 bridgehead atoms. The predicted octanol–water partition coefficient (Wildman–Crippen LogP) is -9.12. The first-order chi connectivity index (χ1) is 27.2. The fourth-order valence-corrected chi connectivity index (χ4v) is 8.73. The van der Waals surface area contributed by atoms with Crippen molar-refractivity contribution in [3.63, 3.8) is 0 Å². The van der Waals surface area contributed by atoms with Crippen LogP contribution in [0.2, 0.25) is 10.6 Å². The normalized spacial score (nSPS) is 12.3. The van der Waals surface area contributed by atoms with Crippen LogP contribution in [-0.2, 0) is 54.8 Å². The summed E-state index contributed by atoms with van der Waals surface area (Å²) in [5.74, 6) is -2.96. The Kier molecular flexibility index (Phi) is 22.1. The second-order valence-corrected chi connectivity index (χ2v) is 19.0. The number of nitrogens with one attached hydrogen (secondary N) is 1. The van der Waals surface area contributed by atoms with Crippen molar-refractivity contribution < 1.29 is 188 Å². The molecule has 5 rings (SSSR count). The molecule has 1 aromatic heterocycles. The quantitative estimate of drug-likeness (QED) is 0.0402. The van der Waals surface area contributed by atoms with Crippen molar-refractivity contribution in [1.82, 2.24) is 15.0 Å². The Hall–Kier alpha value is -1.12. The number of benzene rings is 4. The van der Waals surface area contributed by atoms with Gasteiger partial charge in [0.15, 0.2) is 9.84 Å². The van der Waals surface area contributed by atoms with Gasteiger partial charge >= 0.3 is 129 Å². The monoisotopic (exact) mass is 1040 g/mol. The van der Waals surface area contributed by atoms with E-state index >= 15 is 0 Å². The van der Waals surface area contributed by atoms with Crippen molar-refractivity contribution in [3.8, 4) is 5.75 Å². The van der Waals surface area contributed by atoms with E-state index in [2.05, 4.69) is 44.9 Å². The van der Waals surface area contributed by atoms with Gasteiger partial charge in [0.1, 0.15) is 47.4 Å². The van der Waals surface area contributed by atoms with E-state index in [1.165, 1.54) is 12.1 Å². The molecular weight excluding hydrogens is 1030 g/mol. The minimum absolute atomic E-state index is 0. The van der Waals surface area contributed by atoms with E-state index in [0.717, 1.165) is 24.3 Å². The number of nitrogens with two attached hydrogens (primary N) is 1. The molecule has 0 radical (unpaired) electrons. The Morgan fingerprint density at radius 3 is 1.71 bits per heavy atom. The molecule has 0 saturated carbocycles. The van der Waals surface area contributed by atoms with Crippen molar-refractivity contribution in [2.24, 2.45) is 20.5 Å². The third kappa shape index (κ3) is 15.5. The Balaban J connectivity index is 0.00000496. The van der Waals surface area contributed by atoms with E-state index in [4.69, 9.17) is 33.5 Å². The number of fused-ring (bicyclic) bond motifs is 1. The first-order valence-electron chi connectivity index (χ1n) is 14.9. The molecule has 0 fully saturated rings. The minimum atomic E-state index is -5.77. The number of halogens is 2. The standard InChI is InChI=1S/C27H21Cl2N9O16S5.4Na/c28-25-32-26(29)34-27(33-25)31-13-5-6-17(56(42,43)44)15(11-13)36-38-23-19(58(48,49)50)10-12-9-18(57(45,46)47)22(21(30)20(12)24(23)39)37-35-14-3-1-2-4-16(14)55(40,41)8-7-54-59(51,52)53;;;;/h1-6,9-11,39H,7-8,30H2,(H,42,43,44)(H,45,46,47)(H,48,49,50)(H,51,52,53)(H,31,32,33,34);;;;/q;4*+1/p-4. The van der Waals surface area contributed by atoms with E-state index < -0.39 is 127 Å². The van der Waals surface area contributed by atoms with Crippen molar-refractivity contribution in [2.75, 3.05) is 23.4 Å². The van der Waals surface area contributed by atoms with Gasteiger partial charge in [0.25, 0.3) is 0 Å². The van der Waals surface area contributed by atoms with Crippen molar-refractivity contribution in [3.05, 3.63) is 65.2 Å². The Morgan fingerprint density at radius 1 is 0.667 bits per heavy atom. The molecule has 63 heavy (non-hydrogen) atoms. The van der Waals surface area contributed by atoms with E-state index in [0.29, 0.717) is 18.2 Å². The van der Waals surface area contributed by atoms with Gasteiger partial charge < -0.3 is 29.8 Å². The van der Waals surface area contributed by atoms with Crippen LogP contribution in [0.15, 0.2) is 94.6 Å². The summed E-state index contributed by atoms with van der Waals surface area (Å²) in [6.07, 6.45) is 0. The first-order valence-corrected chi connectivity index (χ1v) is 22.9. The largest absolute Gasteiger partial charge is 1.00 e. The smallest absolute Gasteiger partial charge is 0.870 e. The van der Waals surface area contributed by atoms with Gasteiger partial charge in [0.2, 0.25) is 16.5 Å². The number of rotatable bonds is 14. The number of nitrogen functional groups attached to an aromatic ring is 1. The zero-order chi connectivity index (χ0) is 43.9. The van der Waals surface area contributed by atoms with Gasteiger partial charge in [-0.15, -0.1) is 20.5 Å². The van der Waals surface area contributed by atoms with Crippen LogP contribution in [0.3, 0.4) is 0 Å². The molecule has 0 aliphatic carbocycles. The summed E-state index contributed by atoms with van der Waals surface area (Å²) in [7, 11) is -26.4. The number of azo groups is 2. The average Bonchev–Trinajstić information content (AvgIpc) is 3.08. The van der Waals surface area contributed by atoms with Crippen LogP contribution in [0, 0.1) is 0 Å². The number of nitrogens with zero attached hydrogens (tertiary/aromatic N) is 7. The molecule has 0 saturated heterocycles. The van der Waals surface area contributed by atoms with Crippen LogP contribution < -0.4 is 134 Å². The molecular formula is C27H17Cl2N9Na4O16S5. The molecule has 4 N–H and O–H groups in total. The Bertz CT molecular complexity index is 3190. The van der Waals surface area contributed by atoms with Crippen LogP contribution in [0.25, 0.3) is 10.8 Å². The fourth-order valence-electron chi connectivity index (χ4n) is 4.84. The molecule has 5 aromatic rings. The summed E-state index contributed by atoms with van der Waals surface area (Å²) in [5.41, 5.74) is 1.04. The van der Waals surface area contributed by atoms with Crippen LogP contribution >= 0.6 is 23.2 Å². The van der Waals surface area contributed by atoms with Crippen molar-refractivity contribution >= 4 is 125 Å². The van der Waals surface area contributed by atoms with Crippen LogP contribution in [0.4, 0.5) is 40.1 Å². The maximum absolute atomic E-state index is 13.9. The molecule has 25 nitrogen and oxygen atoms in total. The molecule has 4 aromatic carbocycles. The van der Waals surface area contributed by atoms with Gasteiger partial charge in [-0.1, -0.05) is 17.9 Å². The molecule has 0 atom stereocenters. The molecule has 314 valence electrons. The maximum atomic E-state index is 13.9. The van der Waals surface area contributed by atoms with Gasteiger partial charge in [0.05, 0.1) is 43.3 Å². The number of anilines is 3. The summed E-state index contributed by atoms with van der Waals surface area (Å²) in [6.45, 7) is -1.06. The average molecular weight is 1050 g/mol. The van der Waals surface area contributed by atoms with Crippen LogP contribution in [0.1, 0.15) is 0 Å². The Morgan fingerprint density at radius 2 is 1.17 bits per heavy atom. The van der Waals surface area contributed by atoms with Gasteiger partial charge in [-0.25, -0.2) is 37.9 Å². The van der Waals surface area contributed by atoms with Crippen molar-refractivity contribution in [1.29, 1.82) is 0 Å². The van der Waals surface area contributed by atoms with E-state index in [9.17, 15) is 60.9 Å². The second kappa shape index (κ2) is 23.3. The zero-order valence-electron chi connectivity index (χ0n) is 32.2. The topological polar surface area (TPSA) is 419 Å². The molecule has 36 heteroatoms. The SMILES string of the molecule is Nc1c(N=Nc2ccccc2S(=O)(=O)CCOS(=O)(=O)O)c(S(=O)(=O)[O-])cc2cc(S(=O)(=O)[O-])c(N=Nc3cc(Nc4nc(Cl)nc(Cl)n4)ccc3S(=O)(=O)[O-])c([O-])c12.[Na+].[Na+].[Na+].[Na+]. The molecule has 0 aliphatic heterocycles. The first kappa shape index (κ1) is 59.9. The van der Waals surface area contributed by atoms with Crippen LogP contribution in [-0.4, -0.2) is 87.6 Å². The minimum Gasteiger partial charge on any atom is -0.870 e. The number of hydrogen-bond acceptors (Lipinski definition) is 24. The molecule has 0 spiro atoms. The van der Waals surface area contributed by atoms with E-state index in [-0.39, 0.29) is 140 Å². The van der Waals surface area contributed by atoms with E-state index in [1.807, 2.05) is 0 Å². The summed E-state index contributed by atoms with van der Waals surface area (Å²) >= 11 is 11.5. The summed E-state index contributed by atoms with van der Waals surface area (Å²) in [6, 6.07) is 7.72. The van der Waals surface area contributed by atoms with E-state index in [1.54, 1.807) is 0 Å². The summed E-state index contributed by atoms with van der Waals surface area (Å²) < 4.78 is 171. The number of hydrogen-bond donors (Lipinski definition) is 3. The van der Waals surface area contributed by atoms with Gasteiger partial charge in [-0.3, -0.25) is 4.55 Å². The maximum Gasteiger partial charge on any atom is 1.00 e. The molecule has 1 heterocycles. The van der Waals surface area contributed by atoms with Crippen molar-refractivity contribution in [2.45, 2.75) is 19.6 Å². The summed E-state index contributed by atoms with van der Waals surface area (Å²) in [5, 5.41) is 28.3. The van der Waals surface area contributed by atoms with Gasteiger partial charge in [-0.2, -0.15) is 23.4 Å². The third-order valence-electron chi connectivity index (χ3n) is 7.20. The van der Waals surface area contributed by atoms with Gasteiger partial charge in [0, 0.05) is 11.1 Å². The number of aromatic nitrogens is 3. The number of sulfone groups is 1. The second-order valence-electron chi connectivity index (χ2n) is 11.1. The summed E-state index contributed by atoms with van der Waals surface area (Å²) in [4.78, 5) is 6.41. The third-order valence-corrected chi connectivity index (χ3v) is 12.3.